The molecule has 0 amide bonds. The Morgan fingerprint density at radius 2 is 2.05 bits per heavy atom. The van der Waals surface area contributed by atoms with Gasteiger partial charge >= 0.3 is 0 Å². The van der Waals surface area contributed by atoms with Crippen molar-refractivity contribution >= 4 is 5.69 Å². The van der Waals surface area contributed by atoms with Crippen molar-refractivity contribution in [3.05, 3.63) is 29.6 Å². The minimum Gasteiger partial charge on any atom is -0.389 e. The van der Waals surface area contributed by atoms with Gasteiger partial charge in [-0.25, -0.2) is 4.39 Å². The summed E-state index contributed by atoms with van der Waals surface area (Å²) in [6, 6.07) is 5.24. The average Bonchev–Trinajstić information content (AvgIpc) is 2.97. The molecule has 1 N–H and O–H groups in total. The molecule has 0 radical (unpaired) electrons. The van der Waals surface area contributed by atoms with E-state index in [1.54, 1.807) is 13.0 Å². The van der Waals surface area contributed by atoms with Crippen LogP contribution in [-0.4, -0.2) is 55.4 Å². The van der Waals surface area contributed by atoms with Crippen LogP contribution >= 0.6 is 0 Å². The van der Waals surface area contributed by atoms with E-state index >= 15 is 0 Å². The predicted octanol–water partition coefficient (Wildman–Crippen LogP) is 1.79. The summed E-state index contributed by atoms with van der Waals surface area (Å²) < 4.78 is 18.8. The molecule has 0 saturated carbocycles. The van der Waals surface area contributed by atoms with Crippen molar-refractivity contribution in [3.8, 4) is 0 Å². The predicted molar refractivity (Wildman–Crippen MR) is 80.0 cm³/mol. The summed E-state index contributed by atoms with van der Waals surface area (Å²) in [6.45, 7) is 7.18. The molecule has 116 valence electrons. The maximum Gasteiger partial charge on any atom is 0.123 e. The lowest BCUT2D eigenvalue weighted by atomic mass is 10.1. The van der Waals surface area contributed by atoms with Crippen LogP contribution in [0, 0.1) is 5.82 Å². The van der Waals surface area contributed by atoms with Crippen molar-refractivity contribution in [1.29, 1.82) is 0 Å². The van der Waals surface area contributed by atoms with Crippen LogP contribution in [0.1, 0.15) is 25.0 Å². The molecule has 5 heteroatoms. The molecule has 2 fully saturated rings. The second-order valence-electron chi connectivity index (χ2n) is 5.92. The maximum atomic E-state index is 13.4. The SMILES string of the molecule is C[C@@H](O)c1cc(F)ccc1N1CCC(N2CCOCC2)C1. The van der Waals surface area contributed by atoms with Crippen molar-refractivity contribution in [1.82, 2.24) is 4.90 Å². The average molecular weight is 294 g/mol. The molecule has 2 aliphatic rings. The Labute approximate surface area is 125 Å². The number of ether oxygens (including phenoxy) is 1. The van der Waals surface area contributed by atoms with Crippen LogP contribution in [0.5, 0.6) is 0 Å². The van der Waals surface area contributed by atoms with Gasteiger partial charge in [0.1, 0.15) is 5.82 Å². The van der Waals surface area contributed by atoms with Gasteiger partial charge in [-0.3, -0.25) is 4.90 Å². The van der Waals surface area contributed by atoms with Crippen molar-refractivity contribution in [2.45, 2.75) is 25.5 Å². The Morgan fingerprint density at radius 3 is 2.76 bits per heavy atom. The van der Waals surface area contributed by atoms with Gasteiger partial charge in [0.05, 0.1) is 19.3 Å². The Kier molecular flexibility index (Phi) is 4.42. The zero-order valence-corrected chi connectivity index (χ0v) is 12.5. The Balaban J connectivity index is 1.73. The summed E-state index contributed by atoms with van der Waals surface area (Å²) in [5.41, 5.74) is 1.64. The third-order valence-electron chi connectivity index (χ3n) is 4.51. The van der Waals surface area contributed by atoms with Crippen molar-refractivity contribution in [2.75, 3.05) is 44.3 Å². The van der Waals surface area contributed by atoms with E-state index in [0.29, 0.717) is 11.6 Å². The molecule has 0 aromatic heterocycles. The largest absolute Gasteiger partial charge is 0.389 e. The number of benzene rings is 1. The van der Waals surface area contributed by atoms with Gasteiger partial charge in [-0.15, -0.1) is 0 Å². The first-order valence-electron chi connectivity index (χ1n) is 7.69. The third-order valence-corrected chi connectivity index (χ3v) is 4.51. The fourth-order valence-corrected chi connectivity index (χ4v) is 3.35. The van der Waals surface area contributed by atoms with E-state index in [-0.39, 0.29) is 5.82 Å². The number of anilines is 1. The van der Waals surface area contributed by atoms with Gasteiger partial charge in [0, 0.05) is 43.5 Å². The number of morpholine rings is 1. The molecule has 21 heavy (non-hydrogen) atoms. The molecule has 0 aliphatic carbocycles. The minimum absolute atomic E-state index is 0.293. The first-order chi connectivity index (χ1) is 10.1. The highest BCUT2D eigenvalue weighted by Crippen LogP contribution is 2.31. The smallest absolute Gasteiger partial charge is 0.123 e. The molecule has 2 heterocycles. The van der Waals surface area contributed by atoms with E-state index < -0.39 is 6.10 Å². The zero-order valence-electron chi connectivity index (χ0n) is 12.5. The molecule has 2 saturated heterocycles. The van der Waals surface area contributed by atoms with Crippen LogP contribution in [0.15, 0.2) is 18.2 Å². The molecule has 1 aromatic rings. The van der Waals surface area contributed by atoms with Crippen LogP contribution < -0.4 is 4.90 Å². The number of halogens is 1. The van der Waals surface area contributed by atoms with E-state index in [4.69, 9.17) is 4.74 Å². The number of aliphatic hydroxyl groups is 1. The van der Waals surface area contributed by atoms with Crippen LogP contribution in [0.2, 0.25) is 0 Å². The number of nitrogens with zero attached hydrogens (tertiary/aromatic N) is 2. The second kappa shape index (κ2) is 6.30. The molecule has 4 nitrogen and oxygen atoms in total. The van der Waals surface area contributed by atoms with Gasteiger partial charge in [-0.2, -0.15) is 0 Å². The minimum atomic E-state index is -0.655. The van der Waals surface area contributed by atoms with E-state index in [2.05, 4.69) is 9.80 Å². The molecular formula is C16H23FN2O2. The van der Waals surface area contributed by atoms with Crippen molar-refractivity contribution < 1.29 is 14.2 Å². The summed E-state index contributed by atoms with van der Waals surface area (Å²) in [5.74, 6) is -0.293. The highest BCUT2D eigenvalue weighted by atomic mass is 19.1. The fourth-order valence-electron chi connectivity index (χ4n) is 3.35. The van der Waals surface area contributed by atoms with E-state index in [1.807, 2.05) is 0 Å². The Bertz CT molecular complexity index is 489. The molecule has 0 spiro atoms. The quantitative estimate of drug-likeness (QED) is 0.922. The topological polar surface area (TPSA) is 35.9 Å². The molecule has 0 bridgehead atoms. The van der Waals surface area contributed by atoms with Gasteiger partial charge in [0.25, 0.3) is 0 Å². The van der Waals surface area contributed by atoms with Crippen LogP contribution in [0.25, 0.3) is 0 Å². The molecule has 2 atom stereocenters. The fraction of sp³-hybridized carbons (Fsp3) is 0.625. The zero-order chi connectivity index (χ0) is 14.8. The van der Waals surface area contributed by atoms with Gasteiger partial charge in [0.15, 0.2) is 0 Å². The van der Waals surface area contributed by atoms with Gasteiger partial charge < -0.3 is 14.7 Å². The number of hydrogen-bond donors (Lipinski definition) is 1. The molecular weight excluding hydrogens is 271 g/mol. The standard InChI is InChI=1S/C16H23FN2O2/c1-12(20)15-10-13(17)2-3-16(15)19-5-4-14(11-19)18-6-8-21-9-7-18/h2-3,10,12,14,20H,4-9,11H2,1H3/t12-,14?/m1/s1. The maximum absolute atomic E-state index is 13.4. The van der Waals surface area contributed by atoms with Crippen LogP contribution in [-0.2, 0) is 4.74 Å². The summed E-state index contributed by atoms with van der Waals surface area (Å²) in [5, 5.41) is 9.88. The highest BCUT2D eigenvalue weighted by molar-refractivity contribution is 5.55. The first-order valence-corrected chi connectivity index (χ1v) is 7.69. The third kappa shape index (κ3) is 3.20. The lowest BCUT2D eigenvalue weighted by molar-refractivity contribution is 0.0209. The van der Waals surface area contributed by atoms with E-state index in [9.17, 15) is 9.50 Å². The Morgan fingerprint density at radius 1 is 1.29 bits per heavy atom. The van der Waals surface area contributed by atoms with Crippen molar-refractivity contribution in [3.63, 3.8) is 0 Å². The van der Waals surface area contributed by atoms with Gasteiger partial charge in [0.2, 0.25) is 0 Å². The van der Waals surface area contributed by atoms with Crippen molar-refractivity contribution in [2.24, 2.45) is 0 Å². The molecule has 1 unspecified atom stereocenters. The summed E-state index contributed by atoms with van der Waals surface area (Å²) in [4.78, 5) is 4.75. The van der Waals surface area contributed by atoms with Crippen LogP contribution in [0.3, 0.4) is 0 Å². The van der Waals surface area contributed by atoms with E-state index in [1.165, 1.54) is 12.1 Å². The lowest BCUT2D eigenvalue weighted by Gasteiger charge is -2.32. The summed E-state index contributed by atoms with van der Waals surface area (Å²) in [7, 11) is 0. The monoisotopic (exact) mass is 294 g/mol. The Hall–Kier alpha value is -1.17. The number of hydrogen-bond acceptors (Lipinski definition) is 4. The summed E-state index contributed by atoms with van der Waals surface area (Å²) in [6.07, 6.45) is 0.453. The van der Waals surface area contributed by atoms with Gasteiger partial charge in [-0.05, 0) is 31.5 Å². The lowest BCUT2D eigenvalue weighted by Crippen LogP contribution is -2.44. The summed E-state index contributed by atoms with van der Waals surface area (Å²) >= 11 is 0. The number of rotatable bonds is 3. The van der Waals surface area contributed by atoms with Gasteiger partial charge in [-0.1, -0.05) is 0 Å². The highest BCUT2D eigenvalue weighted by Gasteiger charge is 2.30. The molecule has 3 rings (SSSR count). The van der Waals surface area contributed by atoms with E-state index in [0.717, 1.165) is 51.5 Å². The second-order valence-corrected chi connectivity index (χ2v) is 5.92. The first kappa shape index (κ1) is 14.8. The number of aliphatic hydroxyl groups excluding tert-OH is 1. The normalized spacial score (nSPS) is 25.3. The molecule has 2 aliphatic heterocycles. The van der Waals surface area contributed by atoms with Crippen LogP contribution in [0.4, 0.5) is 10.1 Å². The molecule has 1 aromatic carbocycles.